The van der Waals surface area contributed by atoms with Crippen LogP contribution in [0.1, 0.15) is 18.0 Å². The summed E-state index contributed by atoms with van der Waals surface area (Å²) in [6, 6.07) is 1.23. The molecule has 15 nitrogen and oxygen atoms in total. The molecule has 0 amide bonds. The number of nitrogens with zero attached hydrogens (tertiary/aromatic N) is 3. The first-order valence-corrected chi connectivity index (χ1v) is 10.8. The van der Waals surface area contributed by atoms with E-state index in [1.165, 1.54) is 23.0 Å². The third kappa shape index (κ3) is 5.50. The minimum absolute atomic E-state index is 0.0762. The first-order valence-electron chi connectivity index (χ1n) is 10.4. The van der Waals surface area contributed by atoms with Gasteiger partial charge in [-0.1, -0.05) is 0 Å². The van der Waals surface area contributed by atoms with Crippen LogP contribution in [0.3, 0.4) is 0 Å². The van der Waals surface area contributed by atoms with E-state index in [0.29, 0.717) is 5.56 Å². The predicted octanol–water partition coefficient (Wildman–Crippen LogP) is -3.74. The quantitative estimate of drug-likeness (QED) is 0.182. The van der Waals surface area contributed by atoms with E-state index in [0.717, 1.165) is 4.57 Å². The molecule has 0 aromatic carbocycles. The van der Waals surface area contributed by atoms with Crippen LogP contribution >= 0.6 is 12.2 Å². The molecule has 8 atom stereocenters. The van der Waals surface area contributed by atoms with Crippen molar-refractivity contribution in [3.8, 4) is 0 Å². The van der Waals surface area contributed by atoms with Crippen molar-refractivity contribution >= 4 is 18.0 Å². The first kappa shape index (κ1) is 27.1. The molecule has 0 unspecified atom stereocenters. The number of hydrogen-bond donors (Lipinski definition) is 8. The Kier molecular flexibility index (Phi) is 8.52. The average Bonchev–Trinajstić information content (AvgIpc) is 3.26. The zero-order chi connectivity index (χ0) is 26.0. The molecule has 2 aliphatic rings. The summed E-state index contributed by atoms with van der Waals surface area (Å²) in [6.45, 7) is 0.788. The summed E-state index contributed by atoms with van der Waals surface area (Å²) in [4.78, 5) is 28.6. The summed E-state index contributed by atoms with van der Waals surface area (Å²) in [7, 11) is 0. The number of aryl methyl sites for hydroxylation is 1. The summed E-state index contributed by atoms with van der Waals surface area (Å²) in [6.07, 6.45) is -6.05. The van der Waals surface area contributed by atoms with Gasteiger partial charge in [-0.25, -0.2) is 4.79 Å². The highest BCUT2D eigenvalue weighted by atomic mass is 32.1. The van der Waals surface area contributed by atoms with Gasteiger partial charge in [0.05, 0.1) is 13.2 Å². The third-order valence-electron chi connectivity index (χ3n) is 5.61. The van der Waals surface area contributed by atoms with Crippen LogP contribution < -0.4 is 17.0 Å². The van der Waals surface area contributed by atoms with Crippen LogP contribution in [-0.2, 0) is 9.47 Å². The van der Waals surface area contributed by atoms with Gasteiger partial charge in [-0.05, 0) is 19.1 Å². The lowest BCUT2D eigenvalue weighted by molar-refractivity contribution is -0.0550. The van der Waals surface area contributed by atoms with E-state index in [1.54, 1.807) is 6.92 Å². The molecule has 4 rings (SSSR count). The number of nitrogen functional groups attached to an aromatic ring is 1. The maximum Gasteiger partial charge on any atom is 0.351 e. The number of aliphatic hydroxyl groups excluding tert-OH is 6. The zero-order valence-corrected chi connectivity index (χ0v) is 19.2. The first-order chi connectivity index (χ1) is 16.5. The van der Waals surface area contributed by atoms with Crippen LogP contribution in [-0.4, -0.2) is 99.6 Å². The largest absolute Gasteiger partial charge is 0.394 e. The fourth-order valence-electron chi connectivity index (χ4n) is 3.61. The molecule has 35 heavy (non-hydrogen) atoms. The summed E-state index contributed by atoms with van der Waals surface area (Å²) in [5.74, 6) is 0.1000. The van der Waals surface area contributed by atoms with E-state index in [4.69, 9.17) is 37.6 Å². The number of rotatable bonds is 4. The molecule has 0 bridgehead atoms. The Hall–Kier alpha value is -2.54. The van der Waals surface area contributed by atoms with E-state index >= 15 is 0 Å². The molecule has 16 heteroatoms. The molecule has 0 aliphatic carbocycles. The lowest BCUT2D eigenvalue weighted by Gasteiger charge is -2.17. The highest BCUT2D eigenvalue weighted by Crippen LogP contribution is 2.29. The normalized spacial score (nSPS) is 32.3. The van der Waals surface area contributed by atoms with Crippen LogP contribution in [0.4, 0.5) is 5.82 Å². The Balaban J connectivity index is 0.000000196. The van der Waals surface area contributed by atoms with Crippen LogP contribution in [0.2, 0.25) is 0 Å². The summed E-state index contributed by atoms with van der Waals surface area (Å²) >= 11 is 4.91. The molecule has 2 aromatic rings. The van der Waals surface area contributed by atoms with Gasteiger partial charge >= 0.3 is 5.69 Å². The number of nitrogens with two attached hydrogens (primary N) is 1. The lowest BCUT2D eigenvalue weighted by Crippen LogP contribution is -2.36. The van der Waals surface area contributed by atoms with Gasteiger partial charge in [0.25, 0.3) is 5.56 Å². The van der Waals surface area contributed by atoms with Gasteiger partial charge in [0, 0.05) is 24.0 Å². The van der Waals surface area contributed by atoms with Crippen molar-refractivity contribution in [2.24, 2.45) is 0 Å². The van der Waals surface area contributed by atoms with Crippen LogP contribution in [0.25, 0.3) is 0 Å². The number of H-pyrrole nitrogens is 1. The number of hydrogen-bond acceptors (Lipinski definition) is 13. The molecule has 0 saturated carbocycles. The second-order valence-electron chi connectivity index (χ2n) is 7.97. The van der Waals surface area contributed by atoms with Crippen molar-refractivity contribution in [2.45, 2.75) is 56.0 Å². The number of aliphatic hydroxyl groups is 6. The van der Waals surface area contributed by atoms with Crippen LogP contribution in [0.5, 0.6) is 0 Å². The predicted molar refractivity (Wildman–Crippen MR) is 120 cm³/mol. The number of ether oxygens (including phenoxy) is 2. The smallest absolute Gasteiger partial charge is 0.351 e. The number of aromatic nitrogens is 4. The van der Waals surface area contributed by atoms with Crippen molar-refractivity contribution in [1.82, 2.24) is 19.1 Å². The highest BCUT2D eigenvalue weighted by Gasteiger charge is 2.44. The molecule has 2 saturated heterocycles. The maximum atomic E-state index is 11.7. The number of aromatic amines is 1. The van der Waals surface area contributed by atoms with Crippen molar-refractivity contribution < 1.29 is 40.1 Å². The van der Waals surface area contributed by atoms with Crippen molar-refractivity contribution in [1.29, 1.82) is 0 Å². The van der Waals surface area contributed by atoms with Gasteiger partial charge in [0.1, 0.15) is 42.4 Å². The van der Waals surface area contributed by atoms with E-state index in [2.05, 4.69) is 9.97 Å². The minimum atomic E-state index is -1.32. The van der Waals surface area contributed by atoms with Gasteiger partial charge in [-0.15, -0.1) is 0 Å². The second kappa shape index (κ2) is 11.0. The van der Waals surface area contributed by atoms with E-state index in [9.17, 15) is 30.0 Å². The fourth-order valence-corrected chi connectivity index (χ4v) is 3.87. The van der Waals surface area contributed by atoms with Crippen molar-refractivity contribution in [3.05, 3.63) is 49.6 Å². The molecule has 9 N–H and O–H groups in total. The maximum absolute atomic E-state index is 11.7. The Bertz CT molecular complexity index is 1200. The standard InChI is InChI=1S/C10H15N3O5.C9H12N2O5S/c1-4-2-13(10(17)12-8(4)11)9-7(16)6(15)5(3-14)18-9;12-3-4-6(14)7(15)8(16-4)11-2-1-5(13)10-9(11)17/h2,5-7,9,14-16H,3H2,1H3,(H2,11,12,17);1-2,4,6-8,12,14-15H,3H2,(H,10,13,17)/t5-,6-,7-,9-;4-,6-,7-,8-/m11/s1. The van der Waals surface area contributed by atoms with Gasteiger partial charge in [0.2, 0.25) is 0 Å². The van der Waals surface area contributed by atoms with Crippen LogP contribution in [0.15, 0.2) is 28.0 Å². The van der Waals surface area contributed by atoms with E-state index < -0.39 is 68.0 Å². The lowest BCUT2D eigenvalue weighted by atomic mass is 10.1. The Morgan fingerprint density at radius 2 is 1.51 bits per heavy atom. The van der Waals surface area contributed by atoms with Gasteiger partial charge in [-0.2, -0.15) is 4.98 Å². The van der Waals surface area contributed by atoms with Crippen molar-refractivity contribution in [3.63, 3.8) is 0 Å². The molecule has 2 fully saturated rings. The second-order valence-corrected chi connectivity index (χ2v) is 8.36. The molecule has 194 valence electrons. The topological polar surface area (TPSA) is 239 Å². The number of anilines is 1. The van der Waals surface area contributed by atoms with E-state index in [1.807, 2.05) is 0 Å². The minimum Gasteiger partial charge on any atom is -0.394 e. The monoisotopic (exact) mass is 517 g/mol. The SMILES string of the molecule is Cc1cn([C@@H]2O[C@H](CO)[C@@H](O)[C@H]2O)c(=O)nc1N.O=c1ccn([C@@H]2O[C@H](CO)[C@@H](O)[C@H]2O)c(=S)[nH]1. The third-order valence-corrected chi connectivity index (χ3v) is 5.92. The zero-order valence-electron chi connectivity index (χ0n) is 18.4. The fraction of sp³-hybridized carbons (Fsp3) is 0.579. The molecule has 0 radical (unpaired) electrons. The Morgan fingerprint density at radius 1 is 1.00 bits per heavy atom. The van der Waals surface area contributed by atoms with Gasteiger partial charge < -0.3 is 45.8 Å². The average molecular weight is 518 g/mol. The molecule has 4 heterocycles. The van der Waals surface area contributed by atoms with Crippen LogP contribution in [0, 0.1) is 11.7 Å². The summed E-state index contributed by atoms with van der Waals surface area (Å²) < 4.78 is 12.9. The summed E-state index contributed by atoms with van der Waals surface area (Å²) in [5.41, 5.74) is 4.98. The molecular formula is C19H27N5O10S. The molecular weight excluding hydrogens is 490 g/mol. The Labute approximate surface area is 202 Å². The highest BCUT2D eigenvalue weighted by molar-refractivity contribution is 7.71. The molecule has 2 aliphatic heterocycles. The van der Waals surface area contributed by atoms with Gasteiger partial charge in [0.15, 0.2) is 17.2 Å². The Morgan fingerprint density at radius 3 is 1.97 bits per heavy atom. The molecule has 2 aromatic heterocycles. The molecule has 0 spiro atoms. The van der Waals surface area contributed by atoms with Gasteiger partial charge in [-0.3, -0.25) is 18.9 Å². The van der Waals surface area contributed by atoms with E-state index in [-0.39, 0.29) is 16.1 Å². The van der Waals surface area contributed by atoms with Crippen molar-refractivity contribution in [2.75, 3.05) is 18.9 Å². The summed E-state index contributed by atoms with van der Waals surface area (Å²) in [5, 5.41) is 56.7. The number of nitrogens with one attached hydrogen (secondary N) is 1.